The highest BCUT2D eigenvalue weighted by molar-refractivity contribution is 6.30. The average molecular weight is 307 g/mol. The molecule has 6 heteroatoms. The third-order valence-corrected chi connectivity index (χ3v) is 3.25. The van der Waals surface area contributed by atoms with E-state index < -0.39 is 0 Å². The van der Waals surface area contributed by atoms with Crippen molar-refractivity contribution in [3.8, 4) is 11.3 Å². The molecule has 0 bridgehead atoms. The van der Waals surface area contributed by atoms with Crippen molar-refractivity contribution in [3.63, 3.8) is 0 Å². The minimum Gasteiger partial charge on any atom is -0.351 e. The topological polar surface area (TPSA) is 69.8 Å². The highest BCUT2D eigenvalue weighted by Crippen LogP contribution is 2.23. The molecular weight excluding hydrogens is 288 g/mol. The first-order chi connectivity index (χ1) is 10.2. The van der Waals surface area contributed by atoms with Crippen LogP contribution in [0.25, 0.3) is 11.3 Å². The Balaban J connectivity index is 2.01. The van der Waals surface area contributed by atoms with E-state index in [1.165, 1.54) is 6.20 Å². The Morgan fingerprint density at radius 2 is 2.19 bits per heavy atom. The molecule has 5 nitrogen and oxygen atoms in total. The second-order valence-corrected chi connectivity index (χ2v) is 5.11. The molecule has 0 atom stereocenters. The van der Waals surface area contributed by atoms with E-state index in [4.69, 9.17) is 11.6 Å². The van der Waals surface area contributed by atoms with E-state index in [0.29, 0.717) is 22.8 Å². The van der Waals surface area contributed by atoms with Crippen molar-refractivity contribution in [2.45, 2.75) is 13.3 Å². The molecule has 0 saturated heterocycles. The first-order valence-corrected chi connectivity index (χ1v) is 7.38. The maximum absolute atomic E-state index is 12.2. The van der Waals surface area contributed by atoms with E-state index in [1.54, 1.807) is 12.1 Å². The third kappa shape index (κ3) is 4.31. The van der Waals surface area contributed by atoms with Crippen molar-refractivity contribution in [3.05, 3.63) is 41.0 Å². The van der Waals surface area contributed by atoms with Gasteiger partial charge in [-0.25, -0.2) is 0 Å². The van der Waals surface area contributed by atoms with E-state index in [0.717, 1.165) is 25.1 Å². The highest BCUT2D eigenvalue weighted by Gasteiger charge is 2.14. The molecule has 0 aliphatic rings. The Labute approximate surface area is 129 Å². The van der Waals surface area contributed by atoms with Crippen LogP contribution in [-0.4, -0.2) is 35.7 Å². The summed E-state index contributed by atoms with van der Waals surface area (Å²) in [6.45, 7) is 4.40. The number of hydrogen-bond donors (Lipinski definition) is 3. The highest BCUT2D eigenvalue weighted by atomic mass is 35.5. The zero-order chi connectivity index (χ0) is 15.1. The standard InChI is InChI=1S/C15H19ClN4O/c1-2-6-17-7-8-18-15(21)13-10-19-20-14(13)11-4-3-5-12(16)9-11/h3-5,9-10,17H,2,6-8H2,1H3,(H,18,21)(H,19,20). The van der Waals surface area contributed by atoms with Gasteiger partial charge in [0.15, 0.2) is 0 Å². The number of aromatic amines is 1. The summed E-state index contributed by atoms with van der Waals surface area (Å²) in [6, 6.07) is 7.32. The van der Waals surface area contributed by atoms with Crippen LogP contribution in [0.15, 0.2) is 30.5 Å². The fourth-order valence-electron chi connectivity index (χ4n) is 1.98. The molecule has 0 aliphatic heterocycles. The summed E-state index contributed by atoms with van der Waals surface area (Å²) in [5.41, 5.74) is 2.04. The molecule has 21 heavy (non-hydrogen) atoms. The van der Waals surface area contributed by atoms with E-state index in [1.807, 2.05) is 12.1 Å². The normalized spacial score (nSPS) is 10.6. The second kappa shape index (κ2) is 7.81. The monoisotopic (exact) mass is 306 g/mol. The van der Waals surface area contributed by atoms with E-state index >= 15 is 0 Å². The van der Waals surface area contributed by atoms with Crippen molar-refractivity contribution in [2.24, 2.45) is 0 Å². The van der Waals surface area contributed by atoms with Gasteiger partial charge in [0.1, 0.15) is 0 Å². The van der Waals surface area contributed by atoms with Crippen LogP contribution >= 0.6 is 11.6 Å². The zero-order valence-electron chi connectivity index (χ0n) is 11.9. The van der Waals surface area contributed by atoms with Crippen LogP contribution in [0, 0.1) is 0 Å². The first-order valence-electron chi connectivity index (χ1n) is 7.00. The molecular formula is C15H19ClN4O. The molecule has 1 heterocycles. The van der Waals surface area contributed by atoms with Gasteiger partial charge in [0.25, 0.3) is 5.91 Å². The van der Waals surface area contributed by atoms with Crippen molar-refractivity contribution >= 4 is 17.5 Å². The van der Waals surface area contributed by atoms with Crippen molar-refractivity contribution in [2.75, 3.05) is 19.6 Å². The summed E-state index contributed by atoms with van der Waals surface area (Å²) in [4.78, 5) is 12.2. The molecule has 112 valence electrons. The quantitative estimate of drug-likeness (QED) is 0.688. The van der Waals surface area contributed by atoms with Crippen LogP contribution < -0.4 is 10.6 Å². The van der Waals surface area contributed by atoms with Crippen LogP contribution in [0.5, 0.6) is 0 Å². The molecule has 0 saturated carbocycles. The Kier molecular flexibility index (Phi) is 5.78. The van der Waals surface area contributed by atoms with Gasteiger partial charge >= 0.3 is 0 Å². The number of hydrogen-bond acceptors (Lipinski definition) is 3. The number of benzene rings is 1. The summed E-state index contributed by atoms with van der Waals surface area (Å²) in [5.74, 6) is -0.142. The molecule has 0 unspecified atom stereocenters. The second-order valence-electron chi connectivity index (χ2n) is 4.67. The van der Waals surface area contributed by atoms with Gasteiger partial charge in [0.2, 0.25) is 0 Å². The van der Waals surface area contributed by atoms with Crippen molar-refractivity contribution in [1.29, 1.82) is 0 Å². The van der Waals surface area contributed by atoms with E-state index in [-0.39, 0.29) is 5.91 Å². The lowest BCUT2D eigenvalue weighted by Gasteiger charge is -2.07. The van der Waals surface area contributed by atoms with Crippen molar-refractivity contribution in [1.82, 2.24) is 20.8 Å². The van der Waals surface area contributed by atoms with Crippen molar-refractivity contribution < 1.29 is 4.79 Å². The van der Waals surface area contributed by atoms with Crippen LogP contribution in [0.1, 0.15) is 23.7 Å². The van der Waals surface area contributed by atoms with Gasteiger partial charge < -0.3 is 10.6 Å². The molecule has 0 fully saturated rings. The zero-order valence-corrected chi connectivity index (χ0v) is 12.7. The number of rotatable bonds is 7. The molecule has 1 amide bonds. The van der Waals surface area contributed by atoms with Crippen LogP contribution in [-0.2, 0) is 0 Å². The Morgan fingerprint density at radius 3 is 2.95 bits per heavy atom. The average Bonchev–Trinajstić information content (AvgIpc) is 2.96. The summed E-state index contributed by atoms with van der Waals surface area (Å²) >= 11 is 5.98. The third-order valence-electron chi connectivity index (χ3n) is 3.01. The number of H-pyrrole nitrogens is 1. The molecule has 1 aromatic heterocycles. The smallest absolute Gasteiger partial charge is 0.255 e. The lowest BCUT2D eigenvalue weighted by atomic mass is 10.1. The number of nitrogens with zero attached hydrogens (tertiary/aromatic N) is 1. The van der Waals surface area contributed by atoms with E-state index in [2.05, 4.69) is 27.8 Å². The first kappa shape index (κ1) is 15.5. The van der Waals surface area contributed by atoms with E-state index in [9.17, 15) is 4.79 Å². The molecule has 2 rings (SSSR count). The van der Waals surface area contributed by atoms with Crippen LogP contribution in [0.4, 0.5) is 0 Å². The Bertz CT molecular complexity index is 597. The molecule has 2 aromatic rings. The molecule has 0 radical (unpaired) electrons. The molecule has 3 N–H and O–H groups in total. The minimum absolute atomic E-state index is 0.142. The Morgan fingerprint density at radius 1 is 1.33 bits per heavy atom. The number of halogens is 1. The maximum atomic E-state index is 12.2. The molecule has 0 aliphatic carbocycles. The van der Waals surface area contributed by atoms with Gasteiger partial charge in [-0.1, -0.05) is 30.7 Å². The van der Waals surface area contributed by atoms with Gasteiger partial charge in [-0.2, -0.15) is 5.10 Å². The lowest BCUT2D eigenvalue weighted by molar-refractivity contribution is 0.0954. The SMILES string of the molecule is CCCNCCNC(=O)c1cn[nH]c1-c1cccc(Cl)c1. The van der Waals surface area contributed by atoms with Gasteiger partial charge in [0.05, 0.1) is 17.5 Å². The summed E-state index contributed by atoms with van der Waals surface area (Å²) in [5, 5.41) is 13.5. The largest absolute Gasteiger partial charge is 0.351 e. The summed E-state index contributed by atoms with van der Waals surface area (Å²) in [7, 11) is 0. The Hall–Kier alpha value is -1.85. The number of carbonyl (C=O) groups excluding carboxylic acids is 1. The number of aromatic nitrogens is 2. The molecule has 1 aromatic carbocycles. The lowest BCUT2D eigenvalue weighted by Crippen LogP contribution is -2.32. The van der Waals surface area contributed by atoms with Gasteiger partial charge in [-0.3, -0.25) is 9.89 Å². The molecule has 0 spiro atoms. The predicted molar refractivity (Wildman–Crippen MR) is 84.5 cm³/mol. The number of nitrogens with one attached hydrogen (secondary N) is 3. The predicted octanol–water partition coefficient (Wildman–Crippen LogP) is 2.46. The fraction of sp³-hybridized carbons (Fsp3) is 0.333. The van der Waals surface area contributed by atoms with Crippen LogP contribution in [0.3, 0.4) is 0 Å². The van der Waals surface area contributed by atoms with Gasteiger partial charge in [-0.05, 0) is 25.1 Å². The van der Waals surface area contributed by atoms with Crippen LogP contribution in [0.2, 0.25) is 5.02 Å². The summed E-state index contributed by atoms with van der Waals surface area (Å²) < 4.78 is 0. The fourth-order valence-corrected chi connectivity index (χ4v) is 2.17. The number of amides is 1. The maximum Gasteiger partial charge on any atom is 0.255 e. The summed E-state index contributed by atoms with van der Waals surface area (Å²) in [6.07, 6.45) is 2.61. The number of carbonyl (C=O) groups is 1. The van der Waals surface area contributed by atoms with Gasteiger partial charge in [-0.15, -0.1) is 0 Å². The minimum atomic E-state index is -0.142. The van der Waals surface area contributed by atoms with Gasteiger partial charge in [0, 0.05) is 23.7 Å².